The maximum Gasteiger partial charge on any atom is 0.305 e. The van der Waals surface area contributed by atoms with Crippen molar-refractivity contribution in [1.82, 2.24) is 5.32 Å². The summed E-state index contributed by atoms with van der Waals surface area (Å²) >= 11 is 11.8. The summed E-state index contributed by atoms with van der Waals surface area (Å²) in [6.07, 6.45) is 2.44. The first-order chi connectivity index (χ1) is 9.40. The SMILES string of the molecule is O=C(O)CC1(NC(=O)Cc2ccc(Cl)cc2Cl)CCC1. The molecule has 2 rings (SSSR count). The average Bonchev–Trinajstić information content (AvgIpc) is 2.29. The minimum Gasteiger partial charge on any atom is -0.481 e. The van der Waals surface area contributed by atoms with E-state index >= 15 is 0 Å². The quantitative estimate of drug-likeness (QED) is 0.877. The predicted molar refractivity (Wildman–Crippen MR) is 77.1 cm³/mol. The number of carbonyl (C=O) groups excluding carboxylic acids is 1. The van der Waals surface area contributed by atoms with E-state index in [1.54, 1.807) is 18.2 Å². The van der Waals surface area contributed by atoms with Gasteiger partial charge in [-0.15, -0.1) is 0 Å². The summed E-state index contributed by atoms with van der Waals surface area (Å²) in [4.78, 5) is 22.9. The first-order valence-corrected chi connectivity index (χ1v) is 7.13. The van der Waals surface area contributed by atoms with Gasteiger partial charge in [-0.3, -0.25) is 9.59 Å². The number of carbonyl (C=O) groups is 2. The smallest absolute Gasteiger partial charge is 0.305 e. The second-order valence-electron chi connectivity index (χ2n) is 5.17. The van der Waals surface area contributed by atoms with Crippen LogP contribution in [0.5, 0.6) is 0 Å². The lowest BCUT2D eigenvalue weighted by Crippen LogP contribution is -2.55. The molecule has 0 unspecified atom stereocenters. The standard InChI is InChI=1S/C14H15Cl2NO3/c15-10-3-2-9(11(16)7-10)6-12(18)17-14(4-1-5-14)8-13(19)20/h2-3,7H,1,4-6,8H2,(H,17,18)(H,19,20). The van der Waals surface area contributed by atoms with Gasteiger partial charge in [-0.1, -0.05) is 29.3 Å². The van der Waals surface area contributed by atoms with Gasteiger partial charge in [0.2, 0.25) is 5.91 Å². The Labute approximate surface area is 127 Å². The Balaban J connectivity index is 1.99. The number of amides is 1. The molecule has 0 heterocycles. The van der Waals surface area contributed by atoms with Crippen LogP contribution in [0.15, 0.2) is 18.2 Å². The van der Waals surface area contributed by atoms with E-state index in [4.69, 9.17) is 28.3 Å². The number of aliphatic carboxylic acids is 1. The molecule has 2 N–H and O–H groups in total. The molecule has 4 nitrogen and oxygen atoms in total. The van der Waals surface area contributed by atoms with E-state index in [1.807, 2.05) is 0 Å². The van der Waals surface area contributed by atoms with Crippen LogP contribution in [0, 0.1) is 0 Å². The highest BCUT2D eigenvalue weighted by Crippen LogP contribution is 2.35. The zero-order valence-corrected chi connectivity index (χ0v) is 12.3. The lowest BCUT2D eigenvalue weighted by atomic mass is 9.74. The summed E-state index contributed by atoms with van der Waals surface area (Å²) in [6, 6.07) is 4.96. The van der Waals surface area contributed by atoms with Crippen LogP contribution in [-0.2, 0) is 16.0 Å². The van der Waals surface area contributed by atoms with Crippen LogP contribution < -0.4 is 5.32 Å². The van der Waals surface area contributed by atoms with Crippen molar-refractivity contribution in [3.8, 4) is 0 Å². The van der Waals surface area contributed by atoms with Crippen LogP contribution in [0.25, 0.3) is 0 Å². The molecule has 1 saturated carbocycles. The molecule has 1 amide bonds. The fourth-order valence-corrected chi connectivity index (χ4v) is 2.89. The molecule has 1 fully saturated rings. The Morgan fingerprint density at radius 3 is 2.50 bits per heavy atom. The molecular weight excluding hydrogens is 301 g/mol. The van der Waals surface area contributed by atoms with Gasteiger partial charge in [0.25, 0.3) is 0 Å². The Morgan fingerprint density at radius 2 is 2.00 bits per heavy atom. The molecule has 0 aromatic heterocycles. The monoisotopic (exact) mass is 315 g/mol. The number of benzene rings is 1. The molecular formula is C14H15Cl2NO3. The van der Waals surface area contributed by atoms with Gasteiger partial charge in [0.15, 0.2) is 0 Å². The van der Waals surface area contributed by atoms with Crippen LogP contribution in [0.1, 0.15) is 31.2 Å². The zero-order valence-electron chi connectivity index (χ0n) is 10.8. The maximum absolute atomic E-state index is 12.0. The third-order valence-electron chi connectivity index (χ3n) is 3.57. The topological polar surface area (TPSA) is 66.4 Å². The second kappa shape index (κ2) is 6.02. The zero-order chi connectivity index (χ0) is 14.8. The Bertz CT molecular complexity index is 541. The van der Waals surface area contributed by atoms with E-state index in [-0.39, 0.29) is 18.7 Å². The minimum atomic E-state index is -0.894. The fraction of sp³-hybridized carbons (Fsp3) is 0.429. The number of rotatable bonds is 5. The van der Waals surface area contributed by atoms with Crippen LogP contribution in [0.2, 0.25) is 10.0 Å². The number of carboxylic acids is 1. The maximum atomic E-state index is 12.0. The van der Waals surface area contributed by atoms with Crippen LogP contribution in [0.4, 0.5) is 0 Å². The van der Waals surface area contributed by atoms with Crippen molar-refractivity contribution in [2.45, 2.75) is 37.6 Å². The summed E-state index contributed by atoms with van der Waals surface area (Å²) < 4.78 is 0. The van der Waals surface area contributed by atoms with E-state index < -0.39 is 11.5 Å². The summed E-state index contributed by atoms with van der Waals surface area (Å²) in [6.45, 7) is 0. The number of hydrogen-bond donors (Lipinski definition) is 2. The highest BCUT2D eigenvalue weighted by atomic mass is 35.5. The lowest BCUT2D eigenvalue weighted by Gasteiger charge is -2.41. The predicted octanol–water partition coefficient (Wildman–Crippen LogP) is 3.05. The highest BCUT2D eigenvalue weighted by Gasteiger charge is 2.40. The number of carboxylic acid groups (broad SMARTS) is 1. The third-order valence-corrected chi connectivity index (χ3v) is 4.16. The number of nitrogens with one attached hydrogen (secondary N) is 1. The number of halogens is 2. The highest BCUT2D eigenvalue weighted by molar-refractivity contribution is 6.35. The van der Waals surface area contributed by atoms with Gasteiger partial charge >= 0.3 is 5.97 Å². The Morgan fingerprint density at radius 1 is 1.30 bits per heavy atom. The van der Waals surface area contributed by atoms with E-state index in [9.17, 15) is 9.59 Å². The van der Waals surface area contributed by atoms with Crippen LogP contribution >= 0.6 is 23.2 Å². The Hall–Kier alpha value is -1.26. The normalized spacial score (nSPS) is 16.3. The Kier molecular flexibility index (Phi) is 4.55. The summed E-state index contributed by atoms with van der Waals surface area (Å²) in [5, 5.41) is 12.7. The first kappa shape index (κ1) is 15.1. The van der Waals surface area contributed by atoms with Crippen molar-refractivity contribution in [1.29, 1.82) is 0 Å². The lowest BCUT2D eigenvalue weighted by molar-refractivity contribution is -0.140. The molecule has 20 heavy (non-hydrogen) atoms. The van der Waals surface area contributed by atoms with E-state index in [1.165, 1.54) is 0 Å². The molecule has 1 aromatic carbocycles. The van der Waals surface area contributed by atoms with Crippen molar-refractivity contribution in [2.24, 2.45) is 0 Å². The molecule has 0 atom stereocenters. The van der Waals surface area contributed by atoms with Crippen molar-refractivity contribution < 1.29 is 14.7 Å². The van der Waals surface area contributed by atoms with Gasteiger partial charge in [-0.05, 0) is 37.0 Å². The molecule has 1 aliphatic carbocycles. The largest absolute Gasteiger partial charge is 0.481 e. The van der Waals surface area contributed by atoms with Crippen LogP contribution in [-0.4, -0.2) is 22.5 Å². The molecule has 6 heteroatoms. The van der Waals surface area contributed by atoms with E-state index in [0.717, 1.165) is 6.42 Å². The molecule has 0 saturated heterocycles. The molecule has 1 aliphatic rings. The molecule has 0 bridgehead atoms. The molecule has 1 aromatic rings. The summed E-state index contributed by atoms with van der Waals surface area (Å²) in [5.41, 5.74) is 0.0975. The molecule has 0 aliphatic heterocycles. The third kappa shape index (κ3) is 3.64. The van der Waals surface area contributed by atoms with Gasteiger partial charge in [0.05, 0.1) is 18.4 Å². The van der Waals surface area contributed by atoms with E-state index in [0.29, 0.717) is 28.5 Å². The van der Waals surface area contributed by atoms with Gasteiger partial charge in [-0.25, -0.2) is 0 Å². The summed E-state index contributed by atoms with van der Waals surface area (Å²) in [5.74, 6) is -1.11. The summed E-state index contributed by atoms with van der Waals surface area (Å²) in [7, 11) is 0. The van der Waals surface area contributed by atoms with Crippen molar-refractivity contribution >= 4 is 35.1 Å². The fourth-order valence-electron chi connectivity index (χ4n) is 2.42. The van der Waals surface area contributed by atoms with E-state index in [2.05, 4.69) is 5.32 Å². The van der Waals surface area contributed by atoms with Crippen molar-refractivity contribution in [2.75, 3.05) is 0 Å². The molecule has 0 radical (unpaired) electrons. The van der Waals surface area contributed by atoms with Gasteiger partial charge < -0.3 is 10.4 Å². The molecule has 108 valence electrons. The van der Waals surface area contributed by atoms with Gasteiger partial charge in [-0.2, -0.15) is 0 Å². The molecule has 0 spiro atoms. The minimum absolute atomic E-state index is 0.0346. The van der Waals surface area contributed by atoms with Gasteiger partial charge in [0, 0.05) is 10.0 Å². The van der Waals surface area contributed by atoms with Gasteiger partial charge in [0.1, 0.15) is 0 Å². The van der Waals surface area contributed by atoms with Crippen LogP contribution in [0.3, 0.4) is 0 Å². The average molecular weight is 316 g/mol. The van der Waals surface area contributed by atoms with Crippen molar-refractivity contribution in [3.05, 3.63) is 33.8 Å². The second-order valence-corrected chi connectivity index (χ2v) is 6.01. The van der Waals surface area contributed by atoms with Crippen molar-refractivity contribution in [3.63, 3.8) is 0 Å². The number of hydrogen-bond acceptors (Lipinski definition) is 2. The first-order valence-electron chi connectivity index (χ1n) is 6.37.